The average Bonchev–Trinajstić information content (AvgIpc) is 2.05. The van der Waals surface area contributed by atoms with Crippen molar-refractivity contribution in [2.45, 2.75) is 39.2 Å². The van der Waals surface area contributed by atoms with E-state index in [0.29, 0.717) is 5.78 Å². The molecular formula is C9H17NO. The van der Waals surface area contributed by atoms with E-state index in [1.165, 1.54) is 12.8 Å². The number of rotatable bonds is 2. The molecule has 1 heterocycles. The number of hydrogen-bond acceptors (Lipinski definition) is 2. The number of carbonyl (C=O) groups is 1. The predicted molar refractivity (Wildman–Crippen MR) is 45.5 cm³/mol. The van der Waals surface area contributed by atoms with Crippen molar-refractivity contribution in [2.75, 3.05) is 6.54 Å². The van der Waals surface area contributed by atoms with E-state index >= 15 is 0 Å². The van der Waals surface area contributed by atoms with Gasteiger partial charge in [0.15, 0.2) is 5.78 Å². The summed E-state index contributed by atoms with van der Waals surface area (Å²) < 4.78 is 0. The molecule has 0 saturated carbocycles. The molecule has 64 valence electrons. The summed E-state index contributed by atoms with van der Waals surface area (Å²) in [4.78, 5) is 11.4. The molecule has 0 aromatic heterocycles. The second kappa shape index (κ2) is 3.86. The smallest absolute Gasteiger partial charge is 0.152 e. The molecule has 0 radical (unpaired) electrons. The van der Waals surface area contributed by atoms with Gasteiger partial charge in [0.2, 0.25) is 0 Å². The zero-order valence-corrected chi connectivity index (χ0v) is 7.39. The first-order chi connectivity index (χ1) is 5.22. The Labute approximate surface area is 68.4 Å². The van der Waals surface area contributed by atoms with Crippen LogP contribution in [0.4, 0.5) is 0 Å². The topological polar surface area (TPSA) is 29.1 Å². The van der Waals surface area contributed by atoms with Crippen molar-refractivity contribution in [3.05, 3.63) is 0 Å². The van der Waals surface area contributed by atoms with Gasteiger partial charge < -0.3 is 5.32 Å². The normalized spacial score (nSPS) is 25.5. The van der Waals surface area contributed by atoms with Gasteiger partial charge in [-0.3, -0.25) is 4.79 Å². The SMILES string of the molecule is CC(C)C(=O)[C@H]1CCCCN1. The van der Waals surface area contributed by atoms with Gasteiger partial charge >= 0.3 is 0 Å². The maximum absolute atomic E-state index is 11.4. The summed E-state index contributed by atoms with van der Waals surface area (Å²) in [6.07, 6.45) is 3.47. The Kier molecular flexibility index (Phi) is 3.06. The Morgan fingerprint density at radius 1 is 1.45 bits per heavy atom. The van der Waals surface area contributed by atoms with Crippen LogP contribution in [-0.2, 0) is 4.79 Å². The van der Waals surface area contributed by atoms with Gasteiger partial charge in [0, 0.05) is 5.92 Å². The Balaban J connectivity index is 2.39. The Morgan fingerprint density at radius 2 is 2.18 bits per heavy atom. The van der Waals surface area contributed by atoms with Gasteiger partial charge in [0.25, 0.3) is 0 Å². The van der Waals surface area contributed by atoms with Crippen LogP contribution in [0.5, 0.6) is 0 Å². The van der Waals surface area contributed by atoms with Crippen LogP contribution in [0.2, 0.25) is 0 Å². The lowest BCUT2D eigenvalue weighted by molar-refractivity contribution is -0.124. The maximum Gasteiger partial charge on any atom is 0.152 e. The van der Waals surface area contributed by atoms with Crippen molar-refractivity contribution in [1.82, 2.24) is 5.32 Å². The Bertz CT molecular complexity index is 136. The van der Waals surface area contributed by atoms with Crippen LogP contribution < -0.4 is 5.32 Å². The summed E-state index contributed by atoms with van der Waals surface area (Å²) in [6.45, 7) is 4.96. The second-order valence-electron chi connectivity index (χ2n) is 3.56. The first kappa shape index (κ1) is 8.72. The minimum atomic E-state index is 0.156. The molecular weight excluding hydrogens is 138 g/mol. The van der Waals surface area contributed by atoms with E-state index in [-0.39, 0.29) is 12.0 Å². The van der Waals surface area contributed by atoms with E-state index in [2.05, 4.69) is 5.32 Å². The zero-order valence-electron chi connectivity index (χ0n) is 7.39. The molecule has 1 aliphatic heterocycles. The molecule has 1 aliphatic rings. The number of carbonyl (C=O) groups excluding carboxylic acids is 1. The van der Waals surface area contributed by atoms with E-state index in [4.69, 9.17) is 0 Å². The van der Waals surface area contributed by atoms with Crippen LogP contribution >= 0.6 is 0 Å². The molecule has 1 N–H and O–H groups in total. The molecule has 2 nitrogen and oxygen atoms in total. The van der Waals surface area contributed by atoms with Crippen molar-refractivity contribution < 1.29 is 4.79 Å². The fourth-order valence-corrected chi connectivity index (χ4v) is 1.50. The largest absolute Gasteiger partial charge is 0.307 e. The van der Waals surface area contributed by atoms with Crippen LogP contribution in [-0.4, -0.2) is 18.4 Å². The van der Waals surface area contributed by atoms with Gasteiger partial charge in [-0.1, -0.05) is 20.3 Å². The van der Waals surface area contributed by atoms with Gasteiger partial charge in [-0.25, -0.2) is 0 Å². The van der Waals surface area contributed by atoms with E-state index in [1.54, 1.807) is 0 Å². The molecule has 1 rings (SSSR count). The molecule has 11 heavy (non-hydrogen) atoms. The minimum absolute atomic E-state index is 0.156. The molecule has 0 spiro atoms. The van der Waals surface area contributed by atoms with Crippen LogP contribution in [0.25, 0.3) is 0 Å². The average molecular weight is 155 g/mol. The molecule has 0 unspecified atom stereocenters. The van der Waals surface area contributed by atoms with Crippen LogP contribution in [0.3, 0.4) is 0 Å². The maximum atomic E-state index is 11.4. The second-order valence-corrected chi connectivity index (χ2v) is 3.56. The summed E-state index contributed by atoms with van der Waals surface area (Å²) in [6, 6.07) is 0.156. The van der Waals surface area contributed by atoms with E-state index in [1.807, 2.05) is 13.8 Å². The fourth-order valence-electron chi connectivity index (χ4n) is 1.50. The monoisotopic (exact) mass is 155 g/mol. The summed E-state index contributed by atoms with van der Waals surface area (Å²) in [5, 5.41) is 3.25. The molecule has 2 heteroatoms. The fraction of sp³-hybridized carbons (Fsp3) is 0.889. The van der Waals surface area contributed by atoms with Gasteiger partial charge in [-0.05, 0) is 19.4 Å². The van der Waals surface area contributed by atoms with Crippen LogP contribution in [0.1, 0.15) is 33.1 Å². The molecule has 1 fully saturated rings. The summed E-state index contributed by atoms with van der Waals surface area (Å²) in [5.74, 6) is 0.565. The molecule has 0 aliphatic carbocycles. The highest BCUT2D eigenvalue weighted by atomic mass is 16.1. The quantitative estimate of drug-likeness (QED) is 0.652. The first-order valence-electron chi connectivity index (χ1n) is 4.49. The van der Waals surface area contributed by atoms with Crippen molar-refractivity contribution in [1.29, 1.82) is 0 Å². The first-order valence-corrected chi connectivity index (χ1v) is 4.49. The van der Waals surface area contributed by atoms with Gasteiger partial charge in [-0.2, -0.15) is 0 Å². The van der Waals surface area contributed by atoms with Gasteiger partial charge in [0.1, 0.15) is 0 Å². The molecule has 0 aromatic carbocycles. The number of ketones is 1. The van der Waals surface area contributed by atoms with Crippen molar-refractivity contribution in [3.63, 3.8) is 0 Å². The third kappa shape index (κ3) is 2.29. The highest BCUT2D eigenvalue weighted by molar-refractivity contribution is 5.85. The van der Waals surface area contributed by atoms with Crippen molar-refractivity contribution in [3.8, 4) is 0 Å². The summed E-state index contributed by atoms with van der Waals surface area (Å²) in [5.41, 5.74) is 0. The van der Waals surface area contributed by atoms with Crippen LogP contribution in [0.15, 0.2) is 0 Å². The third-order valence-corrected chi connectivity index (χ3v) is 2.22. The molecule has 0 aromatic rings. The molecule has 0 bridgehead atoms. The Hall–Kier alpha value is -0.370. The molecule has 0 amide bonds. The van der Waals surface area contributed by atoms with E-state index in [0.717, 1.165) is 13.0 Å². The lowest BCUT2D eigenvalue weighted by Gasteiger charge is -2.23. The lowest BCUT2D eigenvalue weighted by Crippen LogP contribution is -2.42. The predicted octanol–water partition coefficient (Wildman–Crippen LogP) is 1.35. The van der Waals surface area contributed by atoms with Crippen LogP contribution in [0, 0.1) is 5.92 Å². The van der Waals surface area contributed by atoms with Gasteiger partial charge in [0.05, 0.1) is 6.04 Å². The minimum Gasteiger partial charge on any atom is -0.307 e. The number of hydrogen-bond donors (Lipinski definition) is 1. The number of piperidine rings is 1. The van der Waals surface area contributed by atoms with Gasteiger partial charge in [-0.15, -0.1) is 0 Å². The standard InChI is InChI=1S/C9H17NO/c1-7(2)9(11)8-5-3-4-6-10-8/h7-8,10H,3-6H2,1-2H3/t8-/m1/s1. The highest BCUT2D eigenvalue weighted by Gasteiger charge is 2.21. The summed E-state index contributed by atoms with van der Waals surface area (Å²) in [7, 11) is 0. The molecule has 1 saturated heterocycles. The van der Waals surface area contributed by atoms with Crippen molar-refractivity contribution >= 4 is 5.78 Å². The number of Topliss-reactive ketones (excluding diaryl/α,β-unsaturated/α-hetero) is 1. The van der Waals surface area contributed by atoms with Crippen molar-refractivity contribution in [2.24, 2.45) is 5.92 Å². The Morgan fingerprint density at radius 3 is 2.64 bits per heavy atom. The van der Waals surface area contributed by atoms with E-state index in [9.17, 15) is 4.79 Å². The lowest BCUT2D eigenvalue weighted by atomic mass is 9.95. The van der Waals surface area contributed by atoms with E-state index < -0.39 is 0 Å². The zero-order chi connectivity index (χ0) is 8.27. The summed E-state index contributed by atoms with van der Waals surface area (Å²) >= 11 is 0. The number of nitrogens with one attached hydrogen (secondary N) is 1. The third-order valence-electron chi connectivity index (χ3n) is 2.22. The highest BCUT2D eigenvalue weighted by Crippen LogP contribution is 2.11. The molecule has 1 atom stereocenters.